The predicted molar refractivity (Wildman–Crippen MR) is 70.6 cm³/mol. The fourth-order valence-electron chi connectivity index (χ4n) is 2.35. The second-order valence-electron chi connectivity index (χ2n) is 4.95. The third-order valence-electron chi connectivity index (χ3n) is 3.73. The molecule has 0 aliphatic heterocycles. The zero-order chi connectivity index (χ0) is 13.1. The van der Waals surface area contributed by atoms with E-state index >= 15 is 0 Å². The lowest BCUT2D eigenvalue weighted by Gasteiger charge is -2.24. The van der Waals surface area contributed by atoms with Crippen molar-refractivity contribution in [3.8, 4) is 11.5 Å². The van der Waals surface area contributed by atoms with Gasteiger partial charge in [0.15, 0.2) is 17.3 Å². The van der Waals surface area contributed by atoms with Gasteiger partial charge < -0.3 is 9.47 Å². The molecule has 1 saturated carbocycles. The standard InChI is InChI=1S/C15H20O3/c1-10-7-14(17-2)15(18-3)9-12(10)13(16)8-11-5-4-6-11/h7,9,11H,4-6,8H2,1-3H3. The molecule has 3 nitrogen and oxygen atoms in total. The predicted octanol–water partition coefficient (Wildman–Crippen LogP) is 3.39. The first-order valence-corrected chi connectivity index (χ1v) is 6.41. The van der Waals surface area contributed by atoms with Crippen molar-refractivity contribution in [2.45, 2.75) is 32.6 Å². The van der Waals surface area contributed by atoms with Crippen LogP contribution in [0, 0.1) is 12.8 Å². The quantitative estimate of drug-likeness (QED) is 0.749. The molecule has 3 heteroatoms. The van der Waals surface area contributed by atoms with Gasteiger partial charge in [0, 0.05) is 12.0 Å². The van der Waals surface area contributed by atoms with E-state index in [0.717, 1.165) is 11.1 Å². The molecule has 0 N–H and O–H groups in total. The van der Waals surface area contributed by atoms with E-state index in [1.165, 1.54) is 19.3 Å². The van der Waals surface area contributed by atoms with Crippen LogP contribution in [0.3, 0.4) is 0 Å². The lowest BCUT2D eigenvalue weighted by Crippen LogP contribution is -2.16. The van der Waals surface area contributed by atoms with Crippen molar-refractivity contribution < 1.29 is 14.3 Å². The summed E-state index contributed by atoms with van der Waals surface area (Å²) in [5, 5.41) is 0. The summed E-state index contributed by atoms with van der Waals surface area (Å²) in [5.74, 6) is 2.11. The Labute approximate surface area is 108 Å². The molecule has 18 heavy (non-hydrogen) atoms. The number of aryl methyl sites for hydroxylation is 1. The molecule has 1 aromatic carbocycles. The summed E-state index contributed by atoms with van der Waals surface area (Å²) in [4.78, 5) is 12.2. The Balaban J connectivity index is 2.23. The molecular weight excluding hydrogens is 228 g/mol. The first kappa shape index (κ1) is 12.9. The van der Waals surface area contributed by atoms with Gasteiger partial charge in [0.05, 0.1) is 14.2 Å². The number of carbonyl (C=O) groups is 1. The van der Waals surface area contributed by atoms with Crippen molar-refractivity contribution in [1.29, 1.82) is 0 Å². The van der Waals surface area contributed by atoms with Crippen LogP contribution in [0.1, 0.15) is 41.6 Å². The van der Waals surface area contributed by atoms with E-state index in [0.29, 0.717) is 23.8 Å². The monoisotopic (exact) mass is 248 g/mol. The second-order valence-corrected chi connectivity index (χ2v) is 4.95. The summed E-state index contributed by atoms with van der Waals surface area (Å²) >= 11 is 0. The Morgan fingerprint density at radius 2 is 1.83 bits per heavy atom. The average Bonchev–Trinajstić information content (AvgIpc) is 2.33. The van der Waals surface area contributed by atoms with E-state index in [4.69, 9.17) is 9.47 Å². The number of hydrogen-bond donors (Lipinski definition) is 0. The van der Waals surface area contributed by atoms with Crippen LogP contribution in [0.15, 0.2) is 12.1 Å². The zero-order valence-corrected chi connectivity index (χ0v) is 11.3. The third-order valence-corrected chi connectivity index (χ3v) is 3.73. The molecule has 0 aromatic heterocycles. The highest BCUT2D eigenvalue weighted by Gasteiger charge is 2.23. The summed E-state index contributed by atoms with van der Waals surface area (Å²) in [5.41, 5.74) is 1.72. The lowest BCUT2D eigenvalue weighted by atomic mass is 9.80. The molecule has 0 spiro atoms. The Kier molecular flexibility index (Phi) is 3.90. The van der Waals surface area contributed by atoms with E-state index in [1.807, 2.05) is 13.0 Å². The molecule has 0 heterocycles. The average molecular weight is 248 g/mol. The van der Waals surface area contributed by atoms with Gasteiger partial charge in [-0.1, -0.05) is 19.3 Å². The molecule has 98 valence electrons. The van der Waals surface area contributed by atoms with Crippen LogP contribution in [0.4, 0.5) is 0 Å². The zero-order valence-electron chi connectivity index (χ0n) is 11.3. The smallest absolute Gasteiger partial charge is 0.163 e. The van der Waals surface area contributed by atoms with Crippen molar-refractivity contribution in [1.82, 2.24) is 0 Å². The molecule has 0 amide bonds. The Morgan fingerprint density at radius 1 is 1.22 bits per heavy atom. The lowest BCUT2D eigenvalue weighted by molar-refractivity contribution is 0.0935. The maximum absolute atomic E-state index is 12.2. The highest BCUT2D eigenvalue weighted by molar-refractivity contribution is 5.98. The molecule has 0 saturated heterocycles. The number of ketones is 1. The van der Waals surface area contributed by atoms with Gasteiger partial charge in [-0.3, -0.25) is 4.79 Å². The van der Waals surface area contributed by atoms with E-state index in [1.54, 1.807) is 20.3 Å². The van der Waals surface area contributed by atoms with Crippen molar-refractivity contribution in [2.75, 3.05) is 14.2 Å². The Hall–Kier alpha value is -1.51. The number of hydrogen-bond acceptors (Lipinski definition) is 3. The molecule has 0 atom stereocenters. The molecule has 0 bridgehead atoms. The fourth-order valence-corrected chi connectivity index (χ4v) is 2.35. The SMILES string of the molecule is COc1cc(C)c(C(=O)CC2CCC2)cc1OC. The number of ether oxygens (including phenoxy) is 2. The summed E-state index contributed by atoms with van der Waals surface area (Å²) in [6.07, 6.45) is 4.31. The summed E-state index contributed by atoms with van der Waals surface area (Å²) in [6.45, 7) is 1.94. The first-order valence-electron chi connectivity index (χ1n) is 6.41. The van der Waals surface area contributed by atoms with Crippen LogP contribution in [0.2, 0.25) is 0 Å². The number of rotatable bonds is 5. The number of benzene rings is 1. The molecule has 1 aromatic rings. The van der Waals surface area contributed by atoms with E-state index in [-0.39, 0.29) is 5.78 Å². The van der Waals surface area contributed by atoms with Gasteiger partial charge in [-0.05, 0) is 30.5 Å². The maximum atomic E-state index is 12.2. The maximum Gasteiger partial charge on any atom is 0.163 e. The Bertz CT molecular complexity index is 447. The van der Waals surface area contributed by atoms with Crippen molar-refractivity contribution >= 4 is 5.78 Å². The van der Waals surface area contributed by atoms with Gasteiger partial charge in [-0.2, -0.15) is 0 Å². The minimum absolute atomic E-state index is 0.221. The van der Waals surface area contributed by atoms with Crippen LogP contribution in [0.5, 0.6) is 11.5 Å². The molecule has 2 rings (SSSR count). The molecule has 1 aliphatic rings. The van der Waals surface area contributed by atoms with Crippen LogP contribution >= 0.6 is 0 Å². The van der Waals surface area contributed by atoms with E-state index in [9.17, 15) is 4.79 Å². The highest BCUT2D eigenvalue weighted by atomic mass is 16.5. The van der Waals surface area contributed by atoms with Crippen molar-refractivity contribution in [2.24, 2.45) is 5.92 Å². The van der Waals surface area contributed by atoms with Gasteiger partial charge in [0.1, 0.15) is 0 Å². The molecular formula is C15H20O3. The number of methoxy groups -OCH3 is 2. The molecule has 1 aliphatic carbocycles. The Morgan fingerprint density at radius 3 is 2.33 bits per heavy atom. The van der Waals surface area contributed by atoms with Gasteiger partial charge in [0.2, 0.25) is 0 Å². The first-order chi connectivity index (χ1) is 8.65. The molecule has 1 fully saturated rings. The highest BCUT2D eigenvalue weighted by Crippen LogP contribution is 2.34. The minimum Gasteiger partial charge on any atom is -0.493 e. The fraction of sp³-hybridized carbons (Fsp3) is 0.533. The van der Waals surface area contributed by atoms with Crippen LogP contribution < -0.4 is 9.47 Å². The van der Waals surface area contributed by atoms with Crippen LogP contribution in [0.25, 0.3) is 0 Å². The topological polar surface area (TPSA) is 35.5 Å². The summed E-state index contributed by atoms with van der Waals surface area (Å²) in [7, 11) is 3.19. The molecule has 0 radical (unpaired) electrons. The minimum atomic E-state index is 0.221. The van der Waals surface area contributed by atoms with Crippen molar-refractivity contribution in [3.05, 3.63) is 23.3 Å². The van der Waals surface area contributed by atoms with Gasteiger partial charge >= 0.3 is 0 Å². The number of Topliss-reactive ketones (excluding diaryl/α,β-unsaturated/α-hetero) is 1. The summed E-state index contributed by atoms with van der Waals surface area (Å²) < 4.78 is 10.5. The normalized spacial score (nSPS) is 15.1. The molecule has 0 unspecified atom stereocenters. The van der Waals surface area contributed by atoms with Crippen molar-refractivity contribution in [3.63, 3.8) is 0 Å². The van der Waals surface area contributed by atoms with Gasteiger partial charge in [-0.25, -0.2) is 0 Å². The second kappa shape index (κ2) is 5.42. The van der Waals surface area contributed by atoms with E-state index < -0.39 is 0 Å². The van der Waals surface area contributed by atoms with E-state index in [2.05, 4.69) is 0 Å². The van der Waals surface area contributed by atoms with Gasteiger partial charge in [0.25, 0.3) is 0 Å². The summed E-state index contributed by atoms with van der Waals surface area (Å²) in [6, 6.07) is 3.67. The largest absolute Gasteiger partial charge is 0.493 e. The van der Waals surface area contributed by atoms with Crippen LogP contribution in [-0.4, -0.2) is 20.0 Å². The number of carbonyl (C=O) groups excluding carboxylic acids is 1. The van der Waals surface area contributed by atoms with Gasteiger partial charge in [-0.15, -0.1) is 0 Å². The van der Waals surface area contributed by atoms with Crippen LogP contribution in [-0.2, 0) is 0 Å². The third kappa shape index (κ3) is 2.50.